The van der Waals surface area contributed by atoms with Crippen LogP contribution in [0.4, 0.5) is 0 Å². The number of amides is 2. The topological polar surface area (TPSA) is 57.6 Å². The Kier molecular flexibility index (Phi) is 4.56. The summed E-state index contributed by atoms with van der Waals surface area (Å²) in [6, 6.07) is -0.217. The monoisotopic (exact) mass is 285 g/mol. The lowest BCUT2D eigenvalue weighted by molar-refractivity contribution is -0.143. The average Bonchev–Trinajstić information content (AvgIpc) is 2.92. The Balaban J connectivity index is 2.14. The first kappa shape index (κ1) is 14.9. The van der Waals surface area contributed by atoms with Gasteiger partial charge in [0.25, 0.3) is 0 Å². The van der Waals surface area contributed by atoms with Crippen LogP contribution in [0.5, 0.6) is 0 Å². The molecule has 4 atom stereocenters. The van der Waals surface area contributed by atoms with Gasteiger partial charge in [0, 0.05) is 5.25 Å². The third-order valence-corrected chi connectivity index (χ3v) is 5.92. The summed E-state index contributed by atoms with van der Waals surface area (Å²) in [6.07, 6.45) is 4.67. The third-order valence-electron chi connectivity index (χ3n) is 4.77. The highest BCUT2D eigenvalue weighted by Gasteiger charge is 2.54. The van der Waals surface area contributed by atoms with Gasteiger partial charge in [0.05, 0.1) is 24.5 Å². The number of thioether (sulfide) groups is 1. The number of aliphatic hydroxyl groups excluding tert-OH is 1. The fraction of sp³-hybridized carbons (Fsp3) is 0.857. The molecule has 1 saturated heterocycles. The summed E-state index contributed by atoms with van der Waals surface area (Å²) in [6.45, 7) is 3.98. The first-order chi connectivity index (χ1) is 9.04. The molecular weight excluding hydrogens is 262 g/mol. The molecule has 4 unspecified atom stereocenters. The van der Waals surface area contributed by atoms with Crippen LogP contribution in [-0.2, 0) is 9.59 Å². The molecule has 0 aromatic heterocycles. The average molecular weight is 285 g/mol. The number of aliphatic hydroxyl groups is 1. The predicted molar refractivity (Wildman–Crippen MR) is 75.7 cm³/mol. The molecule has 1 aliphatic carbocycles. The normalized spacial score (nSPS) is 33.7. The van der Waals surface area contributed by atoms with Gasteiger partial charge in [-0.25, -0.2) is 0 Å². The zero-order valence-electron chi connectivity index (χ0n) is 11.8. The van der Waals surface area contributed by atoms with Crippen LogP contribution in [0.3, 0.4) is 0 Å². The standard InChI is InChI=1S/C14H23NO3S/c1-4-9-5-10-11(6-9)14(18)15(13(10)17)8(2)12(7-16)19-3/h8-12,16H,4-7H2,1-3H3. The molecule has 2 amide bonds. The van der Waals surface area contributed by atoms with Crippen LogP contribution >= 0.6 is 11.8 Å². The Labute approximate surface area is 118 Å². The van der Waals surface area contributed by atoms with E-state index in [1.54, 1.807) is 0 Å². The SMILES string of the molecule is CCC1CC2C(=O)N(C(C)C(CO)SC)C(=O)C2C1. The Hall–Kier alpha value is -0.550. The zero-order chi connectivity index (χ0) is 14.2. The van der Waals surface area contributed by atoms with E-state index in [9.17, 15) is 14.7 Å². The van der Waals surface area contributed by atoms with Gasteiger partial charge >= 0.3 is 0 Å². The van der Waals surface area contributed by atoms with Crippen molar-refractivity contribution >= 4 is 23.6 Å². The lowest BCUT2D eigenvalue weighted by atomic mass is 10.00. The van der Waals surface area contributed by atoms with Crippen LogP contribution in [-0.4, -0.2) is 46.0 Å². The van der Waals surface area contributed by atoms with Crippen molar-refractivity contribution in [2.45, 2.75) is 44.4 Å². The second-order valence-electron chi connectivity index (χ2n) is 5.70. The van der Waals surface area contributed by atoms with E-state index in [0.717, 1.165) is 19.3 Å². The van der Waals surface area contributed by atoms with Crippen LogP contribution < -0.4 is 0 Å². The fourth-order valence-corrected chi connectivity index (χ4v) is 4.14. The lowest BCUT2D eigenvalue weighted by Gasteiger charge is -2.29. The number of fused-ring (bicyclic) bond motifs is 1. The van der Waals surface area contributed by atoms with Gasteiger partial charge < -0.3 is 5.11 Å². The molecule has 2 fully saturated rings. The molecule has 2 rings (SSSR count). The summed E-state index contributed by atoms with van der Waals surface area (Å²) >= 11 is 1.51. The summed E-state index contributed by atoms with van der Waals surface area (Å²) in [5.41, 5.74) is 0. The number of likely N-dealkylation sites (tertiary alicyclic amines) is 1. The minimum Gasteiger partial charge on any atom is -0.395 e. The van der Waals surface area contributed by atoms with Gasteiger partial charge in [-0.1, -0.05) is 13.3 Å². The molecule has 0 bridgehead atoms. The van der Waals surface area contributed by atoms with Crippen molar-refractivity contribution in [3.05, 3.63) is 0 Å². The Morgan fingerprint density at radius 2 is 1.84 bits per heavy atom. The number of hydrogen-bond acceptors (Lipinski definition) is 4. The molecule has 2 aliphatic rings. The van der Waals surface area contributed by atoms with Crippen LogP contribution in [0.15, 0.2) is 0 Å². The summed E-state index contributed by atoms with van der Waals surface area (Å²) < 4.78 is 0. The molecule has 0 aromatic rings. The van der Waals surface area contributed by atoms with E-state index in [4.69, 9.17) is 0 Å². The third kappa shape index (κ3) is 2.42. The minimum atomic E-state index is -0.217. The van der Waals surface area contributed by atoms with Gasteiger partial charge in [-0.15, -0.1) is 0 Å². The molecule has 0 aromatic carbocycles. The van der Waals surface area contributed by atoms with Crippen molar-refractivity contribution in [2.24, 2.45) is 17.8 Å². The highest BCUT2D eigenvalue weighted by atomic mass is 32.2. The van der Waals surface area contributed by atoms with Gasteiger partial charge in [0.15, 0.2) is 0 Å². The summed E-state index contributed by atoms with van der Waals surface area (Å²) in [5, 5.41) is 9.25. The Morgan fingerprint density at radius 1 is 1.32 bits per heavy atom. The molecule has 0 radical (unpaired) electrons. The first-order valence-electron chi connectivity index (χ1n) is 7.05. The first-order valence-corrected chi connectivity index (χ1v) is 8.34. The maximum atomic E-state index is 12.5. The fourth-order valence-electron chi connectivity index (χ4n) is 3.48. The molecule has 5 heteroatoms. The van der Waals surface area contributed by atoms with Crippen molar-refractivity contribution in [1.29, 1.82) is 0 Å². The molecule has 1 N–H and O–H groups in total. The second kappa shape index (κ2) is 5.83. The number of carbonyl (C=O) groups excluding carboxylic acids is 2. The molecule has 0 spiro atoms. The van der Waals surface area contributed by atoms with E-state index in [2.05, 4.69) is 6.92 Å². The van der Waals surface area contributed by atoms with Gasteiger partial charge in [0.1, 0.15) is 0 Å². The predicted octanol–water partition coefficient (Wildman–Crippen LogP) is 1.52. The van der Waals surface area contributed by atoms with Crippen LogP contribution in [0.2, 0.25) is 0 Å². The quantitative estimate of drug-likeness (QED) is 0.778. The smallest absolute Gasteiger partial charge is 0.233 e. The molecule has 108 valence electrons. The Morgan fingerprint density at radius 3 is 2.21 bits per heavy atom. The van der Waals surface area contributed by atoms with E-state index < -0.39 is 0 Å². The van der Waals surface area contributed by atoms with Gasteiger partial charge in [0.2, 0.25) is 11.8 Å². The Bertz CT molecular complexity index is 346. The molecule has 4 nitrogen and oxygen atoms in total. The zero-order valence-corrected chi connectivity index (χ0v) is 12.7. The minimum absolute atomic E-state index is 0.00763. The molecule has 1 aliphatic heterocycles. The van der Waals surface area contributed by atoms with Crippen molar-refractivity contribution in [3.63, 3.8) is 0 Å². The van der Waals surface area contributed by atoms with Crippen LogP contribution in [0.25, 0.3) is 0 Å². The van der Waals surface area contributed by atoms with Crippen LogP contribution in [0, 0.1) is 17.8 Å². The van der Waals surface area contributed by atoms with Gasteiger partial charge in [-0.2, -0.15) is 11.8 Å². The number of imide groups is 1. The second-order valence-corrected chi connectivity index (χ2v) is 6.78. The molecule has 19 heavy (non-hydrogen) atoms. The van der Waals surface area contributed by atoms with Gasteiger partial charge in [-0.05, 0) is 31.9 Å². The van der Waals surface area contributed by atoms with E-state index in [0.29, 0.717) is 5.92 Å². The van der Waals surface area contributed by atoms with Crippen LogP contribution in [0.1, 0.15) is 33.1 Å². The maximum absolute atomic E-state index is 12.5. The molecule has 1 saturated carbocycles. The largest absolute Gasteiger partial charge is 0.395 e. The van der Waals surface area contributed by atoms with E-state index in [1.165, 1.54) is 16.7 Å². The summed E-state index contributed by atoms with van der Waals surface area (Å²) in [7, 11) is 0. The lowest BCUT2D eigenvalue weighted by Crippen LogP contribution is -2.46. The van der Waals surface area contributed by atoms with E-state index in [1.807, 2.05) is 13.2 Å². The van der Waals surface area contributed by atoms with Crippen molar-refractivity contribution in [1.82, 2.24) is 4.90 Å². The van der Waals surface area contributed by atoms with E-state index >= 15 is 0 Å². The van der Waals surface area contributed by atoms with Crippen molar-refractivity contribution in [3.8, 4) is 0 Å². The number of hydrogen-bond donors (Lipinski definition) is 1. The number of carbonyl (C=O) groups is 2. The number of rotatable bonds is 5. The summed E-state index contributed by atoms with van der Waals surface area (Å²) in [4.78, 5) is 26.3. The van der Waals surface area contributed by atoms with Gasteiger partial charge in [-0.3, -0.25) is 14.5 Å². The highest BCUT2D eigenvalue weighted by molar-refractivity contribution is 7.99. The maximum Gasteiger partial charge on any atom is 0.233 e. The highest BCUT2D eigenvalue weighted by Crippen LogP contribution is 2.45. The van der Waals surface area contributed by atoms with Crippen molar-refractivity contribution < 1.29 is 14.7 Å². The summed E-state index contributed by atoms with van der Waals surface area (Å²) in [5.74, 6) is 0.314. The van der Waals surface area contributed by atoms with Crippen molar-refractivity contribution in [2.75, 3.05) is 12.9 Å². The van der Waals surface area contributed by atoms with E-state index in [-0.39, 0.29) is 41.5 Å². The molecular formula is C14H23NO3S. The number of nitrogens with zero attached hydrogens (tertiary/aromatic N) is 1. The molecule has 1 heterocycles.